The number of carbonyl (C=O) groups excluding carboxylic acids is 1. The van der Waals surface area contributed by atoms with Gasteiger partial charge in [-0.05, 0) is 36.8 Å². The normalized spacial score (nSPS) is 15.9. The summed E-state index contributed by atoms with van der Waals surface area (Å²) in [6.07, 6.45) is 5.20. The molecule has 0 saturated carbocycles. The Kier molecular flexibility index (Phi) is 6.46. The van der Waals surface area contributed by atoms with E-state index >= 15 is 0 Å². The van der Waals surface area contributed by atoms with Gasteiger partial charge in [0.05, 0.1) is 6.54 Å². The molecule has 2 heterocycles. The molecule has 3 aromatic rings. The first-order chi connectivity index (χ1) is 15.1. The Morgan fingerprint density at radius 1 is 0.903 bits per heavy atom. The smallest absolute Gasteiger partial charge is 0.331 e. The third kappa shape index (κ3) is 5.02. The summed E-state index contributed by atoms with van der Waals surface area (Å²) in [5.41, 5.74) is 1.32. The SMILES string of the molecule is O=C(Cn1c(=O)ccn(Cc2ccccc2)c1=O)N1CCCC1CCc1ccccc1. The van der Waals surface area contributed by atoms with Gasteiger partial charge >= 0.3 is 5.69 Å². The fourth-order valence-corrected chi connectivity index (χ4v) is 4.27. The summed E-state index contributed by atoms with van der Waals surface area (Å²) >= 11 is 0. The molecule has 1 unspecified atom stereocenters. The number of nitrogens with zero attached hydrogens (tertiary/aromatic N) is 3. The van der Waals surface area contributed by atoms with E-state index in [0.29, 0.717) is 13.1 Å². The number of carbonyl (C=O) groups is 1. The van der Waals surface area contributed by atoms with Crippen LogP contribution in [0.1, 0.15) is 30.4 Å². The molecule has 1 aliphatic rings. The average molecular weight is 418 g/mol. The highest BCUT2D eigenvalue weighted by Crippen LogP contribution is 2.22. The topological polar surface area (TPSA) is 64.3 Å². The van der Waals surface area contributed by atoms with E-state index in [4.69, 9.17) is 0 Å². The van der Waals surface area contributed by atoms with Crippen LogP contribution in [0.15, 0.2) is 82.5 Å². The highest BCUT2D eigenvalue weighted by atomic mass is 16.2. The second-order valence-electron chi connectivity index (χ2n) is 8.04. The summed E-state index contributed by atoms with van der Waals surface area (Å²) in [5.74, 6) is -0.160. The lowest BCUT2D eigenvalue weighted by Gasteiger charge is -2.25. The molecule has 6 nitrogen and oxygen atoms in total. The van der Waals surface area contributed by atoms with Crippen LogP contribution in [0.25, 0.3) is 0 Å². The number of rotatable bonds is 7. The van der Waals surface area contributed by atoms with E-state index in [0.717, 1.165) is 35.8 Å². The van der Waals surface area contributed by atoms with Crippen LogP contribution in [0.3, 0.4) is 0 Å². The molecular weight excluding hydrogens is 390 g/mol. The summed E-state index contributed by atoms with van der Waals surface area (Å²) in [6.45, 7) is 0.824. The molecule has 1 aromatic heterocycles. The van der Waals surface area contributed by atoms with E-state index in [2.05, 4.69) is 12.1 Å². The highest BCUT2D eigenvalue weighted by molar-refractivity contribution is 5.76. The third-order valence-electron chi connectivity index (χ3n) is 5.94. The maximum Gasteiger partial charge on any atom is 0.331 e. The number of likely N-dealkylation sites (tertiary alicyclic amines) is 1. The van der Waals surface area contributed by atoms with E-state index in [1.165, 1.54) is 22.4 Å². The molecule has 31 heavy (non-hydrogen) atoms. The van der Waals surface area contributed by atoms with Crippen LogP contribution < -0.4 is 11.2 Å². The van der Waals surface area contributed by atoms with Crippen LogP contribution in [0.4, 0.5) is 0 Å². The molecule has 2 aromatic carbocycles. The molecule has 1 amide bonds. The minimum Gasteiger partial charge on any atom is -0.338 e. The Morgan fingerprint density at radius 3 is 2.29 bits per heavy atom. The Morgan fingerprint density at radius 2 is 1.58 bits per heavy atom. The number of hydrogen-bond acceptors (Lipinski definition) is 3. The van der Waals surface area contributed by atoms with Crippen molar-refractivity contribution in [2.45, 2.75) is 44.8 Å². The first kappa shape index (κ1) is 20.8. The highest BCUT2D eigenvalue weighted by Gasteiger charge is 2.29. The lowest BCUT2D eigenvalue weighted by molar-refractivity contribution is -0.132. The van der Waals surface area contributed by atoms with Crippen molar-refractivity contribution in [1.29, 1.82) is 0 Å². The average Bonchev–Trinajstić information content (AvgIpc) is 3.27. The molecule has 1 fully saturated rings. The Labute approximate surface area is 181 Å². The van der Waals surface area contributed by atoms with Crippen LogP contribution in [0, 0.1) is 0 Å². The first-order valence-electron chi connectivity index (χ1n) is 10.8. The molecule has 1 aliphatic heterocycles. The lowest BCUT2D eigenvalue weighted by Crippen LogP contribution is -2.45. The van der Waals surface area contributed by atoms with Crippen molar-refractivity contribution in [2.75, 3.05) is 6.54 Å². The van der Waals surface area contributed by atoms with Crippen molar-refractivity contribution in [1.82, 2.24) is 14.0 Å². The molecule has 4 rings (SSSR count). The van der Waals surface area contributed by atoms with Crippen molar-refractivity contribution in [3.63, 3.8) is 0 Å². The van der Waals surface area contributed by atoms with Crippen LogP contribution in [-0.4, -0.2) is 32.5 Å². The molecule has 1 atom stereocenters. The standard InChI is InChI=1S/C25H27N3O3/c29-23-15-17-26(18-21-10-5-2-6-11-21)25(31)28(23)19-24(30)27-16-7-12-22(27)14-13-20-8-3-1-4-9-20/h1-6,8-11,15,17,22H,7,12-14,16,18-19H2. The number of aryl methyl sites for hydroxylation is 1. The van der Waals surface area contributed by atoms with Gasteiger partial charge in [0.1, 0.15) is 6.54 Å². The van der Waals surface area contributed by atoms with Crippen LogP contribution in [0.2, 0.25) is 0 Å². The fourth-order valence-electron chi connectivity index (χ4n) is 4.27. The van der Waals surface area contributed by atoms with Gasteiger partial charge in [0, 0.05) is 24.8 Å². The maximum atomic E-state index is 13.0. The number of amides is 1. The summed E-state index contributed by atoms with van der Waals surface area (Å²) in [6, 6.07) is 21.3. The molecule has 0 aliphatic carbocycles. The van der Waals surface area contributed by atoms with Crippen molar-refractivity contribution >= 4 is 5.91 Å². The van der Waals surface area contributed by atoms with Crippen molar-refractivity contribution in [3.8, 4) is 0 Å². The summed E-state index contributed by atoms with van der Waals surface area (Å²) in [7, 11) is 0. The quantitative estimate of drug-likeness (QED) is 0.594. The second kappa shape index (κ2) is 9.60. The zero-order chi connectivity index (χ0) is 21.6. The monoisotopic (exact) mass is 417 g/mol. The molecule has 160 valence electrons. The molecule has 0 bridgehead atoms. The van der Waals surface area contributed by atoms with E-state index in [1.807, 2.05) is 53.4 Å². The van der Waals surface area contributed by atoms with Gasteiger partial charge in [0.25, 0.3) is 5.56 Å². The lowest BCUT2D eigenvalue weighted by atomic mass is 10.0. The third-order valence-corrected chi connectivity index (χ3v) is 5.94. The molecule has 0 radical (unpaired) electrons. The predicted octanol–water partition coefficient (Wildman–Crippen LogP) is 2.68. The Balaban J connectivity index is 1.46. The van der Waals surface area contributed by atoms with Gasteiger partial charge in [-0.1, -0.05) is 60.7 Å². The molecule has 0 N–H and O–H groups in total. The minimum atomic E-state index is -0.454. The molecule has 0 spiro atoms. The minimum absolute atomic E-state index is 0.152. The van der Waals surface area contributed by atoms with Crippen LogP contribution in [-0.2, 0) is 24.3 Å². The van der Waals surface area contributed by atoms with Gasteiger partial charge in [-0.2, -0.15) is 0 Å². The van der Waals surface area contributed by atoms with Crippen LogP contribution in [0.5, 0.6) is 0 Å². The Hall–Kier alpha value is -3.41. The van der Waals surface area contributed by atoms with E-state index < -0.39 is 11.2 Å². The van der Waals surface area contributed by atoms with E-state index in [1.54, 1.807) is 0 Å². The van der Waals surface area contributed by atoms with Gasteiger partial charge in [-0.25, -0.2) is 4.79 Å². The van der Waals surface area contributed by atoms with Crippen molar-refractivity contribution in [2.24, 2.45) is 0 Å². The fraction of sp³-hybridized carbons (Fsp3) is 0.320. The maximum absolute atomic E-state index is 13.0. The van der Waals surface area contributed by atoms with Gasteiger partial charge in [0.2, 0.25) is 5.91 Å². The summed E-state index contributed by atoms with van der Waals surface area (Å²) in [5, 5.41) is 0. The number of benzene rings is 2. The van der Waals surface area contributed by atoms with E-state index in [9.17, 15) is 14.4 Å². The van der Waals surface area contributed by atoms with Gasteiger partial charge in [0.15, 0.2) is 0 Å². The Bertz CT molecular complexity index is 1140. The molecular formula is C25H27N3O3. The predicted molar refractivity (Wildman–Crippen MR) is 120 cm³/mol. The van der Waals surface area contributed by atoms with Crippen LogP contribution >= 0.6 is 0 Å². The van der Waals surface area contributed by atoms with Gasteiger partial charge in [-0.15, -0.1) is 0 Å². The second-order valence-corrected chi connectivity index (χ2v) is 8.04. The molecule has 6 heteroatoms. The zero-order valence-corrected chi connectivity index (χ0v) is 17.5. The largest absolute Gasteiger partial charge is 0.338 e. The number of hydrogen-bond donors (Lipinski definition) is 0. The zero-order valence-electron chi connectivity index (χ0n) is 17.5. The van der Waals surface area contributed by atoms with Gasteiger partial charge < -0.3 is 4.90 Å². The summed E-state index contributed by atoms with van der Waals surface area (Å²) < 4.78 is 2.53. The number of aromatic nitrogens is 2. The van der Waals surface area contributed by atoms with E-state index in [-0.39, 0.29) is 18.5 Å². The van der Waals surface area contributed by atoms with Gasteiger partial charge in [-0.3, -0.25) is 18.7 Å². The van der Waals surface area contributed by atoms with Crippen molar-refractivity contribution < 1.29 is 4.79 Å². The van der Waals surface area contributed by atoms with Crippen molar-refractivity contribution in [3.05, 3.63) is 105 Å². The molecule has 1 saturated heterocycles. The summed E-state index contributed by atoms with van der Waals surface area (Å²) in [4.78, 5) is 40.1. The first-order valence-corrected chi connectivity index (χ1v) is 10.8.